The fourth-order valence-corrected chi connectivity index (χ4v) is 0.489. The van der Waals surface area contributed by atoms with Crippen LogP contribution in [0.4, 0.5) is 0 Å². The summed E-state index contributed by atoms with van der Waals surface area (Å²) >= 11 is 0. The molecule has 0 unspecified atom stereocenters. The van der Waals surface area contributed by atoms with Crippen molar-refractivity contribution < 1.29 is 14.1 Å². The molecular weight excluding hydrogens is 134 g/mol. The van der Waals surface area contributed by atoms with Gasteiger partial charge in [-0.05, 0) is 0 Å². The van der Waals surface area contributed by atoms with Crippen molar-refractivity contribution in [3.05, 3.63) is 18.0 Å². The first kappa shape index (κ1) is 6.80. The number of nitrogens with zero attached hydrogens (tertiary/aromatic N) is 1. The molecule has 0 aromatic carbocycles. The largest absolute Gasteiger partial charge is 0.458 e. The summed E-state index contributed by atoms with van der Waals surface area (Å²) in [6.07, 6.45) is 1.50. The zero-order valence-electron chi connectivity index (χ0n) is 5.53. The Labute approximate surface area is 57.8 Å². The van der Waals surface area contributed by atoms with Gasteiger partial charge in [-0.25, -0.2) is 0 Å². The van der Waals surface area contributed by atoms with Gasteiger partial charge < -0.3 is 9.26 Å². The van der Waals surface area contributed by atoms with Crippen LogP contribution in [-0.4, -0.2) is 11.1 Å². The molecule has 0 bridgehead atoms. The first-order chi connectivity index (χ1) is 4.79. The lowest BCUT2D eigenvalue weighted by molar-refractivity contribution is -0.142. The van der Waals surface area contributed by atoms with Crippen LogP contribution in [0.15, 0.2) is 16.8 Å². The smallest absolute Gasteiger partial charge is 0.303 e. The van der Waals surface area contributed by atoms with Gasteiger partial charge in [0.05, 0.1) is 6.20 Å². The summed E-state index contributed by atoms with van der Waals surface area (Å²) in [4.78, 5) is 10.3. The van der Waals surface area contributed by atoms with Crippen molar-refractivity contribution in [3.63, 3.8) is 0 Å². The standard InChI is InChI=1S/C6H7NO3/c1-5(8)9-4-6-2-3-7-10-6/h2-3H,4H2,1H3. The molecule has 0 fully saturated rings. The number of hydrogen-bond donors (Lipinski definition) is 0. The molecule has 0 aliphatic heterocycles. The number of carbonyl (C=O) groups excluding carboxylic acids is 1. The van der Waals surface area contributed by atoms with E-state index in [2.05, 4.69) is 14.4 Å². The number of hydrogen-bond acceptors (Lipinski definition) is 4. The number of rotatable bonds is 2. The Morgan fingerprint density at radius 2 is 2.70 bits per heavy atom. The highest BCUT2D eigenvalue weighted by Crippen LogP contribution is 1.98. The summed E-state index contributed by atoms with van der Waals surface area (Å²) in [5.74, 6) is 0.228. The van der Waals surface area contributed by atoms with Gasteiger partial charge >= 0.3 is 5.97 Å². The van der Waals surface area contributed by atoms with E-state index >= 15 is 0 Å². The highest BCUT2D eigenvalue weighted by molar-refractivity contribution is 5.65. The van der Waals surface area contributed by atoms with Crippen LogP contribution in [0.2, 0.25) is 0 Å². The van der Waals surface area contributed by atoms with Crippen LogP contribution >= 0.6 is 0 Å². The minimum atomic E-state index is -0.323. The second kappa shape index (κ2) is 3.00. The zero-order valence-corrected chi connectivity index (χ0v) is 5.53. The Hall–Kier alpha value is -1.32. The SMILES string of the molecule is CC(=O)OCc1ccno1. The van der Waals surface area contributed by atoms with Crippen LogP contribution in [0.1, 0.15) is 12.7 Å². The van der Waals surface area contributed by atoms with Crippen molar-refractivity contribution in [2.45, 2.75) is 13.5 Å². The molecule has 54 valence electrons. The molecule has 4 nitrogen and oxygen atoms in total. The predicted molar refractivity (Wildman–Crippen MR) is 32.0 cm³/mol. The molecule has 0 saturated heterocycles. The van der Waals surface area contributed by atoms with Crippen molar-refractivity contribution in [3.8, 4) is 0 Å². The molecule has 0 aliphatic carbocycles. The Balaban J connectivity index is 2.35. The summed E-state index contributed by atoms with van der Waals surface area (Å²) in [7, 11) is 0. The summed E-state index contributed by atoms with van der Waals surface area (Å²) in [5, 5.41) is 3.43. The van der Waals surface area contributed by atoms with Gasteiger partial charge in [-0.1, -0.05) is 5.16 Å². The summed E-state index contributed by atoms with van der Waals surface area (Å²) in [6.45, 7) is 1.51. The van der Waals surface area contributed by atoms with E-state index in [9.17, 15) is 4.79 Å². The number of ether oxygens (including phenoxy) is 1. The van der Waals surface area contributed by atoms with Gasteiger partial charge in [0.25, 0.3) is 0 Å². The molecule has 1 heterocycles. The van der Waals surface area contributed by atoms with Crippen LogP contribution in [-0.2, 0) is 16.1 Å². The molecule has 0 radical (unpaired) electrons. The lowest BCUT2D eigenvalue weighted by atomic mass is 10.5. The van der Waals surface area contributed by atoms with E-state index < -0.39 is 0 Å². The molecule has 1 aromatic rings. The predicted octanol–water partition coefficient (Wildman–Crippen LogP) is 0.738. The molecule has 0 spiro atoms. The van der Waals surface area contributed by atoms with Gasteiger partial charge in [-0.15, -0.1) is 0 Å². The summed E-state index contributed by atoms with van der Waals surface area (Å²) in [6, 6.07) is 1.64. The Morgan fingerprint density at radius 1 is 1.90 bits per heavy atom. The summed E-state index contributed by atoms with van der Waals surface area (Å²) in [5.41, 5.74) is 0. The molecule has 10 heavy (non-hydrogen) atoms. The highest BCUT2D eigenvalue weighted by atomic mass is 16.5. The Kier molecular flexibility index (Phi) is 2.04. The average molecular weight is 141 g/mol. The molecule has 0 saturated carbocycles. The lowest BCUT2D eigenvalue weighted by Gasteiger charge is -1.94. The van der Waals surface area contributed by atoms with Crippen LogP contribution in [0.5, 0.6) is 0 Å². The molecule has 1 aromatic heterocycles. The van der Waals surface area contributed by atoms with Crippen LogP contribution in [0.25, 0.3) is 0 Å². The van der Waals surface area contributed by atoms with Crippen molar-refractivity contribution in [2.24, 2.45) is 0 Å². The third-order valence-electron chi connectivity index (χ3n) is 0.909. The van der Waals surface area contributed by atoms with E-state index in [1.54, 1.807) is 6.07 Å². The summed E-state index contributed by atoms with van der Waals surface area (Å²) < 4.78 is 9.27. The maximum atomic E-state index is 10.3. The normalized spacial score (nSPS) is 9.30. The van der Waals surface area contributed by atoms with Gasteiger partial charge in [0, 0.05) is 13.0 Å². The second-order valence-corrected chi connectivity index (χ2v) is 1.76. The Bertz CT molecular complexity index is 205. The fraction of sp³-hybridized carbons (Fsp3) is 0.333. The van der Waals surface area contributed by atoms with Gasteiger partial charge in [0.15, 0.2) is 12.4 Å². The second-order valence-electron chi connectivity index (χ2n) is 1.76. The molecule has 0 amide bonds. The van der Waals surface area contributed by atoms with E-state index in [-0.39, 0.29) is 12.6 Å². The third kappa shape index (κ3) is 1.89. The van der Waals surface area contributed by atoms with Crippen molar-refractivity contribution in [1.29, 1.82) is 0 Å². The average Bonchev–Trinajstić information content (AvgIpc) is 2.34. The van der Waals surface area contributed by atoms with E-state index in [4.69, 9.17) is 0 Å². The maximum Gasteiger partial charge on any atom is 0.303 e. The van der Waals surface area contributed by atoms with Gasteiger partial charge in [0.1, 0.15) is 0 Å². The maximum absolute atomic E-state index is 10.3. The molecule has 0 atom stereocenters. The van der Waals surface area contributed by atoms with E-state index in [0.717, 1.165) is 0 Å². The molecule has 1 rings (SSSR count). The number of esters is 1. The first-order valence-corrected chi connectivity index (χ1v) is 2.82. The molecule has 0 aliphatic rings. The lowest BCUT2D eigenvalue weighted by Crippen LogP contribution is -1.97. The monoisotopic (exact) mass is 141 g/mol. The van der Waals surface area contributed by atoms with Gasteiger partial charge in [-0.2, -0.15) is 0 Å². The molecule has 0 N–H and O–H groups in total. The highest BCUT2D eigenvalue weighted by Gasteiger charge is 1.97. The number of carbonyl (C=O) groups is 1. The van der Waals surface area contributed by atoms with Gasteiger partial charge in [0.2, 0.25) is 0 Å². The van der Waals surface area contributed by atoms with Crippen molar-refractivity contribution in [1.82, 2.24) is 5.16 Å². The quantitative estimate of drug-likeness (QED) is 0.570. The third-order valence-corrected chi connectivity index (χ3v) is 0.909. The van der Waals surface area contributed by atoms with E-state index in [1.807, 2.05) is 0 Å². The first-order valence-electron chi connectivity index (χ1n) is 2.82. The van der Waals surface area contributed by atoms with Crippen LogP contribution < -0.4 is 0 Å². The Morgan fingerprint density at radius 3 is 3.20 bits per heavy atom. The fourth-order valence-electron chi connectivity index (χ4n) is 0.489. The van der Waals surface area contributed by atoms with Crippen LogP contribution in [0.3, 0.4) is 0 Å². The molecular formula is C6H7NO3. The van der Waals surface area contributed by atoms with E-state index in [0.29, 0.717) is 5.76 Å². The van der Waals surface area contributed by atoms with Gasteiger partial charge in [-0.3, -0.25) is 4.79 Å². The van der Waals surface area contributed by atoms with Crippen molar-refractivity contribution in [2.75, 3.05) is 0 Å². The topological polar surface area (TPSA) is 52.3 Å². The number of aromatic nitrogens is 1. The van der Waals surface area contributed by atoms with Crippen molar-refractivity contribution >= 4 is 5.97 Å². The molecule has 4 heteroatoms. The minimum absolute atomic E-state index is 0.162. The van der Waals surface area contributed by atoms with Crippen LogP contribution in [0, 0.1) is 0 Å². The minimum Gasteiger partial charge on any atom is -0.458 e. The zero-order chi connectivity index (χ0) is 7.40. The van der Waals surface area contributed by atoms with E-state index in [1.165, 1.54) is 13.1 Å².